The van der Waals surface area contributed by atoms with Crippen LogP contribution < -0.4 is 0 Å². The van der Waals surface area contributed by atoms with E-state index in [-0.39, 0.29) is 56.5 Å². The molecule has 1 N–H and O–H groups in total. The minimum Gasteiger partial charge on any atom is -0.392 e. The minimum absolute atomic E-state index is 0.0580. The van der Waals surface area contributed by atoms with Crippen molar-refractivity contribution in [3.05, 3.63) is 253 Å². The van der Waals surface area contributed by atoms with Gasteiger partial charge in [0.05, 0.1) is 57.5 Å². The molecule has 596 valence electrons. The monoisotopic (exact) mass is 1650 g/mol. The van der Waals surface area contributed by atoms with Crippen LogP contribution in [0.2, 0.25) is 0 Å². The van der Waals surface area contributed by atoms with Crippen LogP contribution in [0.1, 0.15) is 166 Å². The lowest BCUT2D eigenvalue weighted by Gasteiger charge is -2.25. The van der Waals surface area contributed by atoms with Crippen molar-refractivity contribution in [1.29, 1.82) is 21.0 Å². The van der Waals surface area contributed by atoms with Gasteiger partial charge in [-0.1, -0.05) is 106 Å². The van der Waals surface area contributed by atoms with Gasteiger partial charge >= 0.3 is 0 Å². The Balaban J connectivity index is 0.000000154. The van der Waals surface area contributed by atoms with Gasteiger partial charge in [0.25, 0.3) is 0 Å². The fraction of sp³-hybridized carbons (Fsp3) is 0.309. The molecule has 3 aliphatic rings. The minimum atomic E-state index is -0.517. The number of hydrogen-bond acceptors (Lipinski definition) is 19. The van der Waals surface area contributed by atoms with Crippen LogP contribution in [0.3, 0.4) is 0 Å². The number of Topliss-reactive ketones (excluding diaryl/α,β-unsaturated/α-hetero) is 4. The first-order valence-electron chi connectivity index (χ1n) is 39.0. The fourth-order valence-corrected chi connectivity index (χ4v) is 20.0. The SMILES string of the molecule is CC(=O)C(C)(C)Sc1ccncc1-c1ncc(C#N)cc1C.CC(=O)CC1(CSc2ccc(F)cc2-c2ccc(C#N)cc2)CC1.CC(=O)CC1(CSc2ccncc2-c2ccc(C#N)cc2)CC1.CC(=O)CC1(CSc2ccncc2-c2ccc(CO)cc2)CC1.CCCC(C)(C)Sc1ccncc1-c1ccc(C#N)c2ccccc12. The molecule has 3 saturated carbocycles. The molecule has 3 aliphatic carbocycles. The van der Waals surface area contributed by atoms with Crippen LogP contribution in [-0.2, 0) is 25.8 Å². The molecule has 0 bridgehead atoms. The van der Waals surface area contributed by atoms with Crippen LogP contribution >= 0.6 is 58.8 Å². The summed E-state index contributed by atoms with van der Waals surface area (Å²) in [6.45, 7) is 19.2. The van der Waals surface area contributed by atoms with Gasteiger partial charge < -0.3 is 19.5 Å². The number of fused-ring (bicyclic) bond motifs is 1. The molecule has 14 nitrogen and oxygen atoms in total. The van der Waals surface area contributed by atoms with Crippen molar-refractivity contribution >= 4 is 92.7 Å². The number of nitriles is 4. The maximum atomic E-state index is 13.7. The number of carbonyl (C=O) groups excluding carboxylic acids is 4. The van der Waals surface area contributed by atoms with Crippen LogP contribution in [-0.4, -0.2) is 79.9 Å². The number of aliphatic hydroxyl groups is 1. The lowest BCUT2D eigenvalue weighted by atomic mass is 9.96. The van der Waals surface area contributed by atoms with Crippen molar-refractivity contribution in [3.63, 3.8) is 0 Å². The molecule has 5 heterocycles. The molecule has 0 spiro atoms. The first kappa shape index (κ1) is 89.0. The lowest BCUT2D eigenvalue weighted by Crippen LogP contribution is -2.24. The van der Waals surface area contributed by atoms with Crippen molar-refractivity contribution in [1.82, 2.24) is 24.9 Å². The number of ketones is 4. The third kappa shape index (κ3) is 25.3. The zero-order valence-corrected chi connectivity index (χ0v) is 71.9. The number of aryl methyl sites for hydroxylation is 1. The first-order valence-corrected chi connectivity index (χ1v) is 43.6. The summed E-state index contributed by atoms with van der Waals surface area (Å²) in [7, 11) is 0. The number of rotatable bonds is 28. The van der Waals surface area contributed by atoms with Crippen LogP contribution in [0.4, 0.5) is 4.39 Å². The zero-order chi connectivity index (χ0) is 83.9. The second-order valence-electron chi connectivity index (χ2n) is 31.5. The second-order valence-corrected chi connectivity index (χ2v) is 37.9. The zero-order valence-electron chi connectivity index (χ0n) is 67.8. The molecule has 5 aromatic heterocycles. The average molecular weight is 1650 g/mol. The number of thioether (sulfide) groups is 5. The summed E-state index contributed by atoms with van der Waals surface area (Å²) in [5.74, 6) is 3.48. The molecular weight excluding hydrogens is 1550 g/mol. The Morgan fingerprint density at radius 2 is 0.889 bits per heavy atom. The van der Waals surface area contributed by atoms with E-state index >= 15 is 0 Å². The summed E-state index contributed by atoms with van der Waals surface area (Å²) in [6, 6.07) is 58.1. The van der Waals surface area contributed by atoms with Gasteiger partial charge in [0, 0.05) is 149 Å². The van der Waals surface area contributed by atoms with E-state index in [2.05, 4.69) is 88.2 Å². The maximum Gasteiger partial charge on any atom is 0.145 e. The Morgan fingerprint density at radius 3 is 1.32 bits per heavy atom. The number of benzene rings is 6. The van der Waals surface area contributed by atoms with Gasteiger partial charge in [0.2, 0.25) is 0 Å². The Labute approximate surface area is 708 Å². The molecule has 117 heavy (non-hydrogen) atoms. The molecule has 14 rings (SSSR count). The molecule has 0 unspecified atom stereocenters. The highest BCUT2D eigenvalue weighted by Gasteiger charge is 2.45. The normalized spacial score (nSPS) is 13.5. The van der Waals surface area contributed by atoms with E-state index < -0.39 is 4.75 Å². The van der Waals surface area contributed by atoms with Gasteiger partial charge in [-0.15, -0.1) is 58.8 Å². The molecule has 0 aliphatic heterocycles. The molecule has 11 aromatic rings. The van der Waals surface area contributed by atoms with Gasteiger partial charge in [-0.3, -0.25) is 29.7 Å². The number of hydrogen-bond donors (Lipinski definition) is 1. The van der Waals surface area contributed by atoms with Crippen LogP contribution in [0, 0.1) is 74.3 Å². The van der Waals surface area contributed by atoms with Gasteiger partial charge in [0.1, 0.15) is 35.0 Å². The van der Waals surface area contributed by atoms with E-state index in [4.69, 9.17) is 20.9 Å². The largest absolute Gasteiger partial charge is 0.392 e. The fourth-order valence-electron chi connectivity index (χ4n) is 13.6. The number of pyridine rings is 5. The van der Waals surface area contributed by atoms with E-state index in [1.807, 2.05) is 178 Å². The predicted molar refractivity (Wildman–Crippen MR) is 474 cm³/mol. The quantitative estimate of drug-likeness (QED) is 0.0448. The van der Waals surface area contributed by atoms with E-state index in [0.29, 0.717) is 41.5 Å². The van der Waals surface area contributed by atoms with Gasteiger partial charge in [-0.2, -0.15) is 21.0 Å². The van der Waals surface area contributed by atoms with E-state index in [1.165, 1.54) is 45.0 Å². The topological polar surface area (TPSA) is 248 Å². The summed E-state index contributed by atoms with van der Waals surface area (Å²) < 4.78 is 13.4. The second kappa shape index (κ2) is 41.1. The Hall–Kier alpha value is -10.4. The lowest BCUT2D eigenvalue weighted by molar-refractivity contribution is -0.119. The van der Waals surface area contributed by atoms with E-state index in [9.17, 15) is 28.8 Å². The summed E-state index contributed by atoms with van der Waals surface area (Å²) in [6.07, 6.45) is 27.3. The van der Waals surface area contributed by atoms with Crippen molar-refractivity contribution in [2.45, 2.75) is 180 Å². The number of aliphatic hydroxyl groups excluding tert-OH is 1. The molecule has 3 fully saturated rings. The molecule has 0 atom stereocenters. The average Bonchev–Trinajstić information content (AvgIpc) is 1.80. The van der Waals surface area contributed by atoms with Gasteiger partial charge in [-0.05, 0) is 233 Å². The summed E-state index contributed by atoms with van der Waals surface area (Å²) in [5, 5.41) is 47.4. The molecule has 0 amide bonds. The third-order valence-corrected chi connectivity index (χ3v) is 27.7. The molecular formula is C97H96FN9O5S5. The maximum absolute atomic E-state index is 13.7. The Morgan fingerprint density at radius 1 is 0.462 bits per heavy atom. The van der Waals surface area contributed by atoms with Crippen LogP contribution in [0.15, 0.2) is 238 Å². The molecule has 0 saturated heterocycles. The highest BCUT2D eigenvalue weighted by atomic mass is 32.2. The van der Waals surface area contributed by atoms with Crippen molar-refractivity contribution in [2.75, 3.05) is 17.3 Å². The number of halogens is 1. The molecule has 20 heteroatoms. The Bertz CT molecular complexity index is 5540. The summed E-state index contributed by atoms with van der Waals surface area (Å²) in [4.78, 5) is 73.1. The number of carbonyl (C=O) groups is 4. The van der Waals surface area contributed by atoms with E-state index in [0.717, 1.165) is 150 Å². The summed E-state index contributed by atoms with van der Waals surface area (Å²) in [5.41, 5.74) is 14.9. The standard InChI is InChI=1S/C22H22N2S.C20H18FNOS.C19H18N2OS.C19H21NO2S.C17H17N3OS/c1-4-12-22(2,3)25-21-11-13-24-15-20(21)19-10-9-16(14-23)17-7-5-6-8-18(17)19;1-14(23)11-20(8-9-20)13-24-19-7-6-17(21)10-18(19)16-4-2-15(12-22)3-5-16;1-14(22)10-19(7-8-19)13-23-18-6-9-21-12-17(18)16-4-2-15(11-20)3-5-16;1-14(22)10-19(7-8-19)13-23-18-6-9-20-11-17(18)16-4-2-15(12-21)3-5-16;1-11-7-13(8-18)9-20-16(11)14-10-19-6-5-15(14)22-17(3,4)12(2)21/h5-11,13,15H,4,12H2,1-3H3;2-7,10H,8-9,11,13H2,1H3;2-6,9,12H,7-8,10,13H2,1H3;2-6,9,11,21H,7-8,10,12-13H2,1H3;5-7,9-10H,1-4H3. The van der Waals surface area contributed by atoms with Gasteiger partial charge in [-0.25, -0.2) is 4.39 Å². The predicted octanol–water partition coefficient (Wildman–Crippen LogP) is 24.0. The highest BCUT2D eigenvalue weighted by molar-refractivity contribution is 8.01. The highest BCUT2D eigenvalue weighted by Crippen LogP contribution is 2.55. The number of aromatic nitrogens is 5. The van der Waals surface area contributed by atoms with Crippen molar-refractivity contribution < 1.29 is 28.7 Å². The van der Waals surface area contributed by atoms with Crippen molar-refractivity contribution in [3.8, 4) is 80.0 Å². The Kier molecular flexibility index (Phi) is 31.3. The number of nitrogens with zero attached hydrogens (tertiary/aromatic N) is 9. The van der Waals surface area contributed by atoms with Crippen LogP contribution in [0.5, 0.6) is 0 Å². The van der Waals surface area contributed by atoms with E-state index in [1.54, 1.807) is 100 Å². The van der Waals surface area contributed by atoms with Crippen LogP contribution in [0.25, 0.3) is 66.5 Å². The molecule has 0 radical (unpaired) electrons. The first-order chi connectivity index (χ1) is 56.1. The molecule has 6 aromatic carbocycles. The summed E-state index contributed by atoms with van der Waals surface area (Å²) >= 11 is 8.72. The smallest absolute Gasteiger partial charge is 0.145 e. The van der Waals surface area contributed by atoms with Crippen molar-refractivity contribution in [2.24, 2.45) is 16.2 Å². The van der Waals surface area contributed by atoms with Gasteiger partial charge in [0.15, 0.2) is 0 Å². The third-order valence-electron chi connectivity index (χ3n) is 20.8.